The Bertz CT molecular complexity index is 2150. The second kappa shape index (κ2) is 16.0. The maximum absolute atomic E-state index is 6.72. The van der Waals surface area contributed by atoms with E-state index in [1.54, 1.807) is 0 Å². The molecule has 8 rings (SSSR count). The summed E-state index contributed by atoms with van der Waals surface area (Å²) in [5, 5.41) is 4.71. The van der Waals surface area contributed by atoms with Gasteiger partial charge in [0.1, 0.15) is 22.3 Å². The molecule has 0 aliphatic carbocycles. The third-order valence-electron chi connectivity index (χ3n) is 11.6. The summed E-state index contributed by atoms with van der Waals surface area (Å²) in [7, 11) is 0. The van der Waals surface area contributed by atoms with Gasteiger partial charge in [-0.3, -0.25) is 0 Å². The summed E-state index contributed by atoms with van der Waals surface area (Å²) in [6.07, 6.45) is 21.1. The largest absolute Gasteiger partial charge is 0.456 e. The maximum Gasteiger partial charge on any atom is 0.136 e. The predicted molar refractivity (Wildman–Crippen MR) is 223 cm³/mol. The normalized spacial score (nSPS) is 12.1. The number of aryl methyl sites for hydroxylation is 2. The van der Waals surface area contributed by atoms with Crippen LogP contribution in [0.2, 0.25) is 0 Å². The Morgan fingerprint density at radius 2 is 0.712 bits per heavy atom. The molecule has 0 saturated carbocycles. The SMILES string of the molecule is CCCCCCCCCc1ccc(-c2ccc3oc4ccc5c(-c6ccc(CCCCCCCCC)cc6)ccc6oc7ccc2c3c7-c4c65)cc1. The molecule has 266 valence electrons. The fourth-order valence-corrected chi connectivity index (χ4v) is 8.64. The summed E-state index contributed by atoms with van der Waals surface area (Å²) in [5.74, 6) is 0. The Balaban J connectivity index is 1.07. The zero-order valence-electron chi connectivity index (χ0n) is 31.4. The third-order valence-corrected chi connectivity index (χ3v) is 11.6. The first-order valence-corrected chi connectivity index (χ1v) is 20.5. The van der Waals surface area contributed by atoms with Gasteiger partial charge < -0.3 is 8.83 Å². The molecule has 0 atom stereocenters. The van der Waals surface area contributed by atoms with Gasteiger partial charge in [-0.25, -0.2) is 0 Å². The van der Waals surface area contributed by atoms with Gasteiger partial charge in [0.25, 0.3) is 0 Å². The molecular formula is C50H54O2. The summed E-state index contributed by atoms with van der Waals surface area (Å²) in [6.45, 7) is 4.57. The van der Waals surface area contributed by atoms with E-state index in [1.165, 1.54) is 134 Å². The molecule has 0 bridgehead atoms. The first-order chi connectivity index (χ1) is 25.7. The molecule has 0 radical (unpaired) electrons. The molecule has 2 aliphatic heterocycles. The fraction of sp³-hybridized carbons (Fsp3) is 0.360. The molecule has 52 heavy (non-hydrogen) atoms. The van der Waals surface area contributed by atoms with Gasteiger partial charge in [-0.2, -0.15) is 0 Å². The number of benzene rings is 6. The lowest BCUT2D eigenvalue weighted by Crippen LogP contribution is -1.96. The van der Waals surface area contributed by atoms with Crippen molar-refractivity contribution in [3.05, 3.63) is 108 Å². The minimum atomic E-state index is 0.901. The lowest BCUT2D eigenvalue weighted by atomic mass is 9.86. The van der Waals surface area contributed by atoms with Gasteiger partial charge in [-0.15, -0.1) is 0 Å². The van der Waals surface area contributed by atoms with Crippen LogP contribution in [0.1, 0.15) is 115 Å². The van der Waals surface area contributed by atoms with E-state index in [0.29, 0.717) is 0 Å². The van der Waals surface area contributed by atoms with Gasteiger partial charge in [-0.05, 0) is 106 Å². The number of hydrogen-bond acceptors (Lipinski definition) is 2. The summed E-state index contributed by atoms with van der Waals surface area (Å²) in [6, 6.07) is 36.1. The van der Waals surface area contributed by atoms with Crippen LogP contribution in [0.15, 0.2) is 106 Å². The molecule has 2 nitrogen and oxygen atoms in total. The van der Waals surface area contributed by atoms with Crippen molar-refractivity contribution in [1.29, 1.82) is 0 Å². The van der Waals surface area contributed by atoms with E-state index in [2.05, 4.69) is 111 Å². The van der Waals surface area contributed by atoms with Crippen LogP contribution in [-0.2, 0) is 12.8 Å². The summed E-state index contributed by atoms with van der Waals surface area (Å²) in [5.41, 5.74) is 13.8. The van der Waals surface area contributed by atoms with Crippen LogP contribution in [0.3, 0.4) is 0 Å². The highest BCUT2D eigenvalue weighted by atomic mass is 16.3. The quantitative estimate of drug-likeness (QED) is 0.0510. The smallest absolute Gasteiger partial charge is 0.136 e. The number of unbranched alkanes of at least 4 members (excludes halogenated alkanes) is 12. The van der Waals surface area contributed by atoms with Crippen LogP contribution in [-0.4, -0.2) is 0 Å². The Morgan fingerprint density at radius 3 is 1.12 bits per heavy atom. The molecule has 0 spiro atoms. The van der Waals surface area contributed by atoms with E-state index in [4.69, 9.17) is 8.83 Å². The zero-order valence-corrected chi connectivity index (χ0v) is 31.4. The molecule has 0 aromatic heterocycles. The monoisotopic (exact) mass is 686 g/mol. The van der Waals surface area contributed by atoms with E-state index >= 15 is 0 Å². The van der Waals surface area contributed by atoms with Crippen molar-refractivity contribution < 1.29 is 8.83 Å². The van der Waals surface area contributed by atoms with Crippen LogP contribution < -0.4 is 0 Å². The van der Waals surface area contributed by atoms with E-state index in [9.17, 15) is 0 Å². The molecule has 0 fully saturated rings. The summed E-state index contributed by atoms with van der Waals surface area (Å²) >= 11 is 0. The Morgan fingerprint density at radius 1 is 0.346 bits per heavy atom. The molecule has 0 unspecified atom stereocenters. The van der Waals surface area contributed by atoms with Crippen LogP contribution in [0, 0.1) is 0 Å². The van der Waals surface area contributed by atoms with E-state index in [1.807, 2.05) is 0 Å². The highest BCUT2D eigenvalue weighted by molar-refractivity contribution is 6.26. The van der Waals surface area contributed by atoms with Crippen LogP contribution in [0.25, 0.3) is 77.3 Å². The van der Waals surface area contributed by atoms with Crippen LogP contribution in [0.4, 0.5) is 0 Å². The Kier molecular flexibility index (Phi) is 10.6. The Hall–Kier alpha value is -4.56. The first kappa shape index (κ1) is 34.5. The van der Waals surface area contributed by atoms with Crippen molar-refractivity contribution in [3.63, 3.8) is 0 Å². The van der Waals surface area contributed by atoms with Crippen LogP contribution >= 0.6 is 0 Å². The standard InChI is InChI=1S/C50H54O2/c1-3-5-7-9-11-13-15-17-35-19-23-37(24-20-35)39-27-31-43-47-41(39)29-33-45-49(47)50-46(51-43)34-30-42-40(28-32-44(52-45)48(42)50)38-25-21-36(22-26-38)18-16-14-12-10-8-6-4-2/h19-34H,3-18H2,1-2H3. The van der Waals surface area contributed by atoms with Gasteiger partial charge in [-0.1, -0.05) is 152 Å². The molecule has 0 amide bonds. The Labute approximate surface area is 309 Å². The number of rotatable bonds is 18. The lowest BCUT2D eigenvalue weighted by Gasteiger charge is -2.21. The van der Waals surface area contributed by atoms with Crippen LogP contribution in [0.5, 0.6) is 0 Å². The second-order valence-electron chi connectivity index (χ2n) is 15.3. The molecule has 2 aliphatic rings. The predicted octanol–water partition coefficient (Wildman–Crippen LogP) is 15.9. The van der Waals surface area contributed by atoms with E-state index < -0.39 is 0 Å². The average Bonchev–Trinajstić information content (AvgIpc) is 3.18. The molecule has 6 aromatic carbocycles. The minimum absolute atomic E-state index is 0.901. The average molecular weight is 687 g/mol. The lowest BCUT2D eigenvalue weighted by molar-refractivity contribution is 0.589. The van der Waals surface area contributed by atoms with Crippen molar-refractivity contribution >= 4 is 43.9 Å². The van der Waals surface area contributed by atoms with Crippen molar-refractivity contribution in [2.45, 2.75) is 117 Å². The van der Waals surface area contributed by atoms with Gasteiger partial charge in [0.15, 0.2) is 0 Å². The first-order valence-electron chi connectivity index (χ1n) is 20.5. The van der Waals surface area contributed by atoms with Gasteiger partial charge in [0.2, 0.25) is 0 Å². The van der Waals surface area contributed by atoms with Gasteiger partial charge in [0, 0.05) is 21.9 Å². The van der Waals surface area contributed by atoms with Gasteiger partial charge >= 0.3 is 0 Å². The highest BCUT2D eigenvalue weighted by Gasteiger charge is 2.26. The molecule has 2 heterocycles. The fourth-order valence-electron chi connectivity index (χ4n) is 8.64. The molecule has 0 N–H and O–H groups in total. The van der Waals surface area contributed by atoms with Crippen molar-refractivity contribution in [1.82, 2.24) is 0 Å². The van der Waals surface area contributed by atoms with Crippen molar-refractivity contribution in [3.8, 4) is 33.4 Å². The van der Waals surface area contributed by atoms with E-state index in [0.717, 1.165) is 57.1 Å². The molecule has 2 heteroatoms. The molecule has 6 aromatic rings. The molecule has 0 saturated heterocycles. The summed E-state index contributed by atoms with van der Waals surface area (Å²) in [4.78, 5) is 0. The maximum atomic E-state index is 6.72. The number of hydrogen-bond donors (Lipinski definition) is 0. The topological polar surface area (TPSA) is 26.3 Å². The summed E-state index contributed by atoms with van der Waals surface area (Å²) < 4.78 is 13.4. The van der Waals surface area contributed by atoms with Crippen molar-refractivity contribution in [2.24, 2.45) is 0 Å². The highest BCUT2D eigenvalue weighted by Crippen LogP contribution is 2.50. The second-order valence-corrected chi connectivity index (χ2v) is 15.3. The van der Waals surface area contributed by atoms with Gasteiger partial charge in [0.05, 0.1) is 0 Å². The zero-order chi connectivity index (χ0) is 35.3. The van der Waals surface area contributed by atoms with E-state index in [-0.39, 0.29) is 0 Å². The minimum Gasteiger partial charge on any atom is -0.456 e. The molecular weight excluding hydrogens is 633 g/mol. The third kappa shape index (κ3) is 6.97. The van der Waals surface area contributed by atoms with Crippen molar-refractivity contribution in [2.75, 3.05) is 0 Å².